The average molecular weight is 298 g/mol. The first-order valence-electron chi connectivity index (χ1n) is 7.41. The van der Waals surface area contributed by atoms with Gasteiger partial charge in [-0.1, -0.05) is 41.0 Å². The van der Waals surface area contributed by atoms with Gasteiger partial charge in [0.15, 0.2) is 17.6 Å². The molecular weight excluding hydrogens is 272 g/mol. The summed E-state index contributed by atoms with van der Waals surface area (Å²) >= 11 is 0. The Balaban J connectivity index is 3.14. The van der Waals surface area contributed by atoms with E-state index in [1.54, 1.807) is 0 Å². The molecule has 0 aromatic heterocycles. The molecule has 2 N–H and O–H groups in total. The van der Waals surface area contributed by atoms with Crippen molar-refractivity contribution in [1.29, 1.82) is 0 Å². The Kier molecular flexibility index (Phi) is 5.20. The minimum atomic E-state index is -1.11. The summed E-state index contributed by atoms with van der Waals surface area (Å²) in [5.41, 5.74) is -1.09. The number of rotatable bonds is 7. The minimum Gasteiger partial charge on any atom is -0.507 e. The second-order valence-electron chi connectivity index (χ2n) is 6.77. The summed E-state index contributed by atoms with van der Waals surface area (Å²) in [6, 6.07) is 0. The Labute approximate surface area is 126 Å². The standard InChI is InChI=1S/C16H26O5/c1-6-15(3,4)9-16(5,7-2)13(19)11-12(18)10(8-17)21-14(11)20/h10,17-18H,6-9H2,1-5H3. The summed E-state index contributed by atoms with van der Waals surface area (Å²) in [4.78, 5) is 24.6. The number of ketones is 1. The van der Waals surface area contributed by atoms with Crippen LogP contribution >= 0.6 is 0 Å². The molecule has 0 aromatic rings. The summed E-state index contributed by atoms with van der Waals surface area (Å²) in [7, 11) is 0. The number of carbonyl (C=O) groups is 2. The van der Waals surface area contributed by atoms with E-state index in [0.717, 1.165) is 6.42 Å². The van der Waals surface area contributed by atoms with Crippen LogP contribution in [0.1, 0.15) is 53.9 Å². The number of hydrogen-bond donors (Lipinski definition) is 2. The van der Waals surface area contributed by atoms with E-state index in [-0.39, 0.29) is 11.0 Å². The minimum absolute atomic E-state index is 0.0461. The van der Waals surface area contributed by atoms with Gasteiger partial charge in [-0.3, -0.25) is 4.79 Å². The average Bonchev–Trinajstić information content (AvgIpc) is 2.71. The highest BCUT2D eigenvalue weighted by molar-refractivity contribution is 6.20. The number of aliphatic hydroxyl groups excluding tert-OH is 2. The molecule has 0 radical (unpaired) electrons. The molecule has 0 aromatic carbocycles. The van der Waals surface area contributed by atoms with Crippen molar-refractivity contribution in [1.82, 2.24) is 0 Å². The molecule has 21 heavy (non-hydrogen) atoms. The highest BCUT2D eigenvalue weighted by Crippen LogP contribution is 2.42. The van der Waals surface area contributed by atoms with Crippen molar-refractivity contribution in [2.45, 2.75) is 60.0 Å². The molecule has 0 fully saturated rings. The van der Waals surface area contributed by atoms with E-state index in [1.807, 2.05) is 13.8 Å². The monoisotopic (exact) mass is 298 g/mol. The first-order valence-corrected chi connectivity index (χ1v) is 7.41. The van der Waals surface area contributed by atoms with Crippen LogP contribution in [0.25, 0.3) is 0 Å². The maximum absolute atomic E-state index is 12.8. The van der Waals surface area contributed by atoms with Crippen molar-refractivity contribution in [2.75, 3.05) is 6.61 Å². The fourth-order valence-electron chi connectivity index (χ4n) is 2.69. The van der Waals surface area contributed by atoms with Crippen molar-refractivity contribution in [3.8, 4) is 0 Å². The van der Waals surface area contributed by atoms with Crippen molar-refractivity contribution in [2.24, 2.45) is 10.8 Å². The number of cyclic esters (lactones) is 1. The van der Waals surface area contributed by atoms with Gasteiger partial charge < -0.3 is 14.9 Å². The second-order valence-corrected chi connectivity index (χ2v) is 6.77. The lowest BCUT2D eigenvalue weighted by molar-refractivity contribution is -0.143. The van der Waals surface area contributed by atoms with E-state index in [4.69, 9.17) is 9.84 Å². The van der Waals surface area contributed by atoms with Crippen LogP contribution in [-0.4, -0.2) is 34.7 Å². The molecule has 0 bridgehead atoms. The number of aliphatic hydroxyl groups is 2. The van der Waals surface area contributed by atoms with E-state index < -0.39 is 35.6 Å². The lowest BCUT2D eigenvalue weighted by Gasteiger charge is -2.35. The molecule has 2 unspecified atom stereocenters. The fraction of sp³-hybridized carbons (Fsp3) is 0.750. The largest absolute Gasteiger partial charge is 0.507 e. The van der Waals surface area contributed by atoms with Crippen LogP contribution in [0, 0.1) is 10.8 Å². The van der Waals surface area contributed by atoms with E-state index in [2.05, 4.69) is 20.8 Å². The fourth-order valence-corrected chi connectivity index (χ4v) is 2.69. The van der Waals surface area contributed by atoms with Crippen molar-refractivity contribution in [3.05, 3.63) is 11.3 Å². The van der Waals surface area contributed by atoms with Gasteiger partial charge in [0, 0.05) is 5.41 Å². The van der Waals surface area contributed by atoms with Gasteiger partial charge in [-0.05, 0) is 18.3 Å². The number of hydrogen-bond acceptors (Lipinski definition) is 5. The normalized spacial score (nSPS) is 22.2. The Morgan fingerprint density at radius 2 is 1.81 bits per heavy atom. The SMILES string of the molecule is CCC(C)(C)CC(C)(CC)C(=O)C1=C(O)C(CO)OC1=O. The predicted octanol–water partition coefficient (Wildman–Crippen LogP) is 2.53. The van der Waals surface area contributed by atoms with E-state index >= 15 is 0 Å². The Hall–Kier alpha value is -1.36. The third-order valence-corrected chi connectivity index (χ3v) is 4.56. The molecule has 5 nitrogen and oxygen atoms in total. The molecule has 1 heterocycles. The molecule has 1 aliphatic rings. The van der Waals surface area contributed by atoms with E-state index in [1.165, 1.54) is 0 Å². The zero-order valence-corrected chi connectivity index (χ0v) is 13.5. The zero-order chi connectivity index (χ0) is 16.4. The second kappa shape index (κ2) is 6.18. The zero-order valence-electron chi connectivity index (χ0n) is 13.5. The number of esters is 1. The maximum atomic E-state index is 12.8. The summed E-state index contributed by atoms with van der Waals surface area (Å²) in [6.45, 7) is 9.38. The van der Waals surface area contributed by atoms with Crippen molar-refractivity contribution >= 4 is 11.8 Å². The lowest BCUT2D eigenvalue weighted by Crippen LogP contribution is -2.35. The molecule has 2 atom stereocenters. The van der Waals surface area contributed by atoms with Crippen LogP contribution in [-0.2, 0) is 14.3 Å². The van der Waals surface area contributed by atoms with Crippen LogP contribution < -0.4 is 0 Å². The molecule has 1 rings (SSSR count). The molecule has 0 amide bonds. The molecule has 0 spiro atoms. The van der Waals surface area contributed by atoms with Crippen LogP contribution in [0.15, 0.2) is 11.3 Å². The summed E-state index contributed by atoms with van der Waals surface area (Å²) in [5, 5.41) is 19.0. The van der Waals surface area contributed by atoms with Crippen LogP contribution in [0.3, 0.4) is 0 Å². The van der Waals surface area contributed by atoms with Crippen LogP contribution in [0.4, 0.5) is 0 Å². The predicted molar refractivity (Wildman–Crippen MR) is 78.7 cm³/mol. The summed E-state index contributed by atoms with van der Waals surface area (Å²) in [6.07, 6.45) is 0.963. The Morgan fingerprint density at radius 3 is 2.19 bits per heavy atom. The first-order chi connectivity index (χ1) is 9.61. The molecule has 1 aliphatic heterocycles. The summed E-state index contributed by atoms with van der Waals surface area (Å²) in [5.74, 6) is -1.68. The van der Waals surface area contributed by atoms with Crippen LogP contribution in [0.2, 0.25) is 0 Å². The van der Waals surface area contributed by atoms with Gasteiger partial charge in [-0.15, -0.1) is 0 Å². The molecule has 0 saturated carbocycles. The smallest absolute Gasteiger partial charge is 0.346 e. The third-order valence-electron chi connectivity index (χ3n) is 4.56. The topological polar surface area (TPSA) is 83.8 Å². The highest BCUT2D eigenvalue weighted by Gasteiger charge is 2.46. The quantitative estimate of drug-likeness (QED) is 0.557. The van der Waals surface area contributed by atoms with Crippen LogP contribution in [0.5, 0.6) is 0 Å². The van der Waals surface area contributed by atoms with Gasteiger partial charge in [-0.25, -0.2) is 4.79 Å². The number of ether oxygens (including phenoxy) is 1. The molecular formula is C16H26O5. The van der Waals surface area contributed by atoms with E-state index in [0.29, 0.717) is 12.8 Å². The highest BCUT2D eigenvalue weighted by atomic mass is 16.6. The molecule has 0 aliphatic carbocycles. The third kappa shape index (κ3) is 3.46. The van der Waals surface area contributed by atoms with Gasteiger partial charge in [0.05, 0.1) is 6.61 Å². The van der Waals surface area contributed by atoms with Crippen molar-refractivity contribution < 1.29 is 24.5 Å². The number of carbonyl (C=O) groups excluding carboxylic acids is 2. The Morgan fingerprint density at radius 1 is 1.24 bits per heavy atom. The Bertz CT molecular complexity index is 463. The number of Topliss-reactive ketones (excluding diaryl/α,β-unsaturated/α-hetero) is 1. The first kappa shape index (κ1) is 17.7. The molecule has 0 saturated heterocycles. The summed E-state index contributed by atoms with van der Waals surface area (Å²) < 4.78 is 4.82. The van der Waals surface area contributed by atoms with Gasteiger partial charge in [-0.2, -0.15) is 0 Å². The maximum Gasteiger partial charge on any atom is 0.346 e. The lowest BCUT2D eigenvalue weighted by atomic mass is 9.67. The van der Waals surface area contributed by atoms with Crippen molar-refractivity contribution in [3.63, 3.8) is 0 Å². The van der Waals surface area contributed by atoms with Gasteiger partial charge in [0.1, 0.15) is 5.57 Å². The molecule has 5 heteroatoms. The molecule has 120 valence electrons. The van der Waals surface area contributed by atoms with E-state index in [9.17, 15) is 14.7 Å². The van der Waals surface area contributed by atoms with Gasteiger partial charge in [0.2, 0.25) is 0 Å². The van der Waals surface area contributed by atoms with Gasteiger partial charge in [0.25, 0.3) is 0 Å². The van der Waals surface area contributed by atoms with Gasteiger partial charge >= 0.3 is 5.97 Å².